The minimum Gasteiger partial charge on any atom is -0.396 e. The van der Waals surface area contributed by atoms with Gasteiger partial charge in [-0.3, -0.25) is 0 Å². The second-order valence-corrected chi connectivity index (χ2v) is 5.28. The standard InChI is InChI=1S/C13H14FN5O2/c14-11-10(21)7(4-20)3-13(11,5-15)9-2-1-8-12(16)17-6-18-19(8)9/h1-2,6-7,10-11,20-21H,3-4H2,(H2,16,17,18)/t7-,10-,11-,13-/m1/s1. The number of hydrogen-bond acceptors (Lipinski definition) is 6. The lowest BCUT2D eigenvalue weighted by Crippen LogP contribution is -2.36. The number of nitrogen functional groups attached to an aromatic ring is 1. The highest BCUT2D eigenvalue weighted by Crippen LogP contribution is 2.46. The van der Waals surface area contributed by atoms with Gasteiger partial charge >= 0.3 is 0 Å². The van der Waals surface area contributed by atoms with Crippen LogP contribution >= 0.6 is 0 Å². The monoisotopic (exact) mass is 291 g/mol. The number of aliphatic hydroxyl groups is 2. The van der Waals surface area contributed by atoms with Crippen LogP contribution in [0.1, 0.15) is 12.1 Å². The number of rotatable bonds is 2. The van der Waals surface area contributed by atoms with Crippen LogP contribution in [0.5, 0.6) is 0 Å². The highest BCUT2D eigenvalue weighted by molar-refractivity contribution is 5.66. The second kappa shape index (κ2) is 4.65. The minimum absolute atomic E-state index is 0.0123. The number of alkyl halides is 1. The van der Waals surface area contributed by atoms with Crippen molar-refractivity contribution in [2.75, 3.05) is 12.3 Å². The third-order valence-electron chi connectivity index (χ3n) is 4.21. The molecular formula is C13H14FN5O2. The molecule has 110 valence electrons. The lowest BCUT2D eigenvalue weighted by molar-refractivity contribution is 0.0388. The van der Waals surface area contributed by atoms with Gasteiger partial charge in [0.1, 0.15) is 17.3 Å². The van der Waals surface area contributed by atoms with Gasteiger partial charge in [0.05, 0.1) is 17.9 Å². The number of nitrogens with zero attached hydrogens (tertiary/aromatic N) is 4. The van der Waals surface area contributed by atoms with E-state index in [0.29, 0.717) is 11.2 Å². The van der Waals surface area contributed by atoms with E-state index in [-0.39, 0.29) is 18.8 Å². The van der Waals surface area contributed by atoms with Crippen molar-refractivity contribution in [2.45, 2.75) is 24.1 Å². The molecule has 0 spiro atoms. The van der Waals surface area contributed by atoms with Crippen molar-refractivity contribution < 1.29 is 14.6 Å². The number of hydrogen-bond donors (Lipinski definition) is 3. The van der Waals surface area contributed by atoms with Gasteiger partial charge in [0.15, 0.2) is 12.0 Å². The molecule has 0 unspecified atom stereocenters. The molecule has 1 fully saturated rings. The summed E-state index contributed by atoms with van der Waals surface area (Å²) in [5.41, 5.74) is 4.93. The molecule has 0 saturated heterocycles. The van der Waals surface area contributed by atoms with E-state index in [1.807, 2.05) is 6.07 Å². The quantitative estimate of drug-likeness (QED) is 0.703. The van der Waals surface area contributed by atoms with Crippen molar-refractivity contribution >= 4 is 11.3 Å². The third kappa shape index (κ3) is 1.71. The van der Waals surface area contributed by atoms with Gasteiger partial charge in [0.2, 0.25) is 0 Å². The topological polar surface area (TPSA) is 120 Å². The van der Waals surface area contributed by atoms with Crippen molar-refractivity contribution in [2.24, 2.45) is 5.92 Å². The second-order valence-electron chi connectivity index (χ2n) is 5.28. The molecule has 1 aliphatic carbocycles. The van der Waals surface area contributed by atoms with Crippen LogP contribution in [0.4, 0.5) is 10.2 Å². The number of anilines is 1. The summed E-state index contributed by atoms with van der Waals surface area (Å²) in [5.74, 6) is -0.471. The maximum atomic E-state index is 14.6. The normalized spacial score (nSPS) is 32.4. The fourth-order valence-electron chi connectivity index (χ4n) is 3.05. The number of aromatic nitrogens is 3. The van der Waals surface area contributed by atoms with Gasteiger partial charge in [-0.1, -0.05) is 0 Å². The smallest absolute Gasteiger partial charge is 0.151 e. The predicted molar refractivity (Wildman–Crippen MR) is 70.8 cm³/mol. The summed E-state index contributed by atoms with van der Waals surface area (Å²) in [6.07, 6.45) is -1.97. The van der Waals surface area contributed by atoms with E-state index in [4.69, 9.17) is 5.73 Å². The van der Waals surface area contributed by atoms with Gasteiger partial charge in [0, 0.05) is 12.5 Å². The average molecular weight is 291 g/mol. The molecule has 2 aromatic heterocycles. The van der Waals surface area contributed by atoms with Crippen LogP contribution in [0.15, 0.2) is 18.5 Å². The van der Waals surface area contributed by atoms with Crippen molar-refractivity contribution in [3.8, 4) is 6.07 Å². The number of nitrogens with two attached hydrogens (primary N) is 1. The zero-order valence-corrected chi connectivity index (χ0v) is 11.0. The minimum atomic E-state index is -1.81. The predicted octanol–water partition coefficient (Wildman–Crippen LogP) is -0.216. The van der Waals surface area contributed by atoms with E-state index < -0.39 is 23.6 Å². The molecule has 0 aliphatic heterocycles. The molecule has 2 heterocycles. The maximum Gasteiger partial charge on any atom is 0.151 e. The summed E-state index contributed by atoms with van der Waals surface area (Å²) in [7, 11) is 0. The Morgan fingerprint density at radius 1 is 1.57 bits per heavy atom. The third-order valence-corrected chi connectivity index (χ3v) is 4.21. The summed E-state index contributed by atoms with van der Waals surface area (Å²) < 4.78 is 16.0. The van der Waals surface area contributed by atoms with Gasteiger partial charge in [-0.05, 0) is 18.6 Å². The first-order valence-corrected chi connectivity index (χ1v) is 6.48. The van der Waals surface area contributed by atoms with Gasteiger partial charge in [-0.15, -0.1) is 0 Å². The van der Waals surface area contributed by atoms with Gasteiger partial charge in [-0.2, -0.15) is 10.4 Å². The van der Waals surface area contributed by atoms with E-state index in [1.165, 1.54) is 10.8 Å². The Balaban J connectivity index is 2.20. The molecule has 0 bridgehead atoms. The molecule has 4 N–H and O–H groups in total. The van der Waals surface area contributed by atoms with Crippen molar-refractivity contribution in [3.05, 3.63) is 24.2 Å². The summed E-state index contributed by atoms with van der Waals surface area (Å²) in [5, 5.41) is 32.7. The summed E-state index contributed by atoms with van der Waals surface area (Å²) in [4.78, 5) is 3.84. The van der Waals surface area contributed by atoms with E-state index in [0.717, 1.165) is 0 Å². The van der Waals surface area contributed by atoms with Crippen LogP contribution in [0.3, 0.4) is 0 Å². The lowest BCUT2D eigenvalue weighted by Gasteiger charge is -2.23. The number of halogens is 1. The molecule has 0 amide bonds. The Bertz CT molecular complexity index is 727. The van der Waals surface area contributed by atoms with Crippen LogP contribution in [-0.2, 0) is 5.41 Å². The van der Waals surface area contributed by atoms with E-state index in [1.54, 1.807) is 12.1 Å². The molecule has 8 heteroatoms. The zero-order chi connectivity index (χ0) is 15.2. The van der Waals surface area contributed by atoms with Crippen LogP contribution in [0.2, 0.25) is 0 Å². The summed E-state index contributed by atoms with van der Waals surface area (Å²) in [6.45, 7) is -0.383. The fourth-order valence-corrected chi connectivity index (χ4v) is 3.05. The van der Waals surface area contributed by atoms with Crippen LogP contribution in [0.25, 0.3) is 5.52 Å². The molecule has 2 aromatic rings. The highest BCUT2D eigenvalue weighted by Gasteiger charge is 2.56. The van der Waals surface area contributed by atoms with Gasteiger partial charge in [0.25, 0.3) is 0 Å². The Labute approximate surface area is 119 Å². The Morgan fingerprint density at radius 2 is 2.33 bits per heavy atom. The highest BCUT2D eigenvalue weighted by atomic mass is 19.1. The molecule has 0 aromatic carbocycles. The molecule has 0 radical (unpaired) electrons. The molecule has 4 atom stereocenters. The van der Waals surface area contributed by atoms with Crippen molar-refractivity contribution in [3.63, 3.8) is 0 Å². The Kier molecular flexibility index (Phi) is 3.04. The first kappa shape index (κ1) is 13.7. The molecule has 7 nitrogen and oxygen atoms in total. The van der Waals surface area contributed by atoms with E-state index in [2.05, 4.69) is 10.1 Å². The lowest BCUT2D eigenvalue weighted by atomic mass is 9.82. The number of nitriles is 1. The SMILES string of the molecule is N#C[C@@]1(c2ccc3c(N)ncnn23)C[C@H](CO)[C@@H](O)[C@H]1F. The van der Waals surface area contributed by atoms with Gasteiger partial charge < -0.3 is 15.9 Å². The molecule has 21 heavy (non-hydrogen) atoms. The molecular weight excluding hydrogens is 277 g/mol. The number of aliphatic hydroxyl groups excluding tert-OH is 2. The average Bonchev–Trinajstić information content (AvgIpc) is 3.03. The first-order chi connectivity index (χ1) is 10.0. The van der Waals surface area contributed by atoms with Crippen molar-refractivity contribution in [1.29, 1.82) is 5.26 Å². The Hall–Kier alpha value is -2.24. The summed E-state index contributed by atoms with van der Waals surface area (Å²) >= 11 is 0. The van der Waals surface area contributed by atoms with Crippen molar-refractivity contribution in [1.82, 2.24) is 14.6 Å². The molecule has 1 saturated carbocycles. The molecule has 3 rings (SSSR count). The molecule has 1 aliphatic rings. The van der Waals surface area contributed by atoms with Crippen LogP contribution in [-0.4, -0.2) is 43.7 Å². The van der Waals surface area contributed by atoms with Crippen LogP contribution < -0.4 is 5.73 Å². The fraction of sp³-hybridized carbons (Fsp3) is 0.462. The zero-order valence-electron chi connectivity index (χ0n) is 11.0. The van der Waals surface area contributed by atoms with E-state index >= 15 is 0 Å². The van der Waals surface area contributed by atoms with Crippen LogP contribution in [0, 0.1) is 17.2 Å². The maximum absolute atomic E-state index is 14.6. The largest absolute Gasteiger partial charge is 0.396 e. The van der Waals surface area contributed by atoms with Gasteiger partial charge in [-0.25, -0.2) is 13.9 Å². The summed E-state index contributed by atoms with van der Waals surface area (Å²) in [6, 6.07) is 5.13. The Morgan fingerprint density at radius 3 is 2.95 bits per heavy atom. The van der Waals surface area contributed by atoms with E-state index in [9.17, 15) is 19.9 Å². The first-order valence-electron chi connectivity index (χ1n) is 6.48. The number of fused-ring (bicyclic) bond motifs is 1.